The van der Waals surface area contributed by atoms with Gasteiger partial charge in [0.05, 0.1) is 30.9 Å². The van der Waals surface area contributed by atoms with E-state index >= 15 is 0 Å². The van der Waals surface area contributed by atoms with Crippen molar-refractivity contribution in [2.75, 3.05) is 39.8 Å². The molecule has 4 aromatic rings. The van der Waals surface area contributed by atoms with E-state index in [2.05, 4.69) is 58.2 Å². The molecule has 4 heterocycles. The molecule has 2 fully saturated rings. The number of nitrogens with zero attached hydrogens (tertiary/aromatic N) is 3. The van der Waals surface area contributed by atoms with Crippen LogP contribution in [0.3, 0.4) is 0 Å². The highest BCUT2D eigenvalue weighted by Crippen LogP contribution is 2.35. The highest BCUT2D eigenvalue weighted by Gasteiger charge is 2.36. The number of carbonyl (C=O) groups excluding carboxylic acids is 1. The van der Waals surface area contributed by atoms with Gasteiger partial charge in [0.1, 0.15) is 11.8 Å². The Morgan fingerprint density at radius 3 is 2.62 bits per heavy atom. The van der Waals surface area contributed by atoms with Gasteiger partial charge in [-0.25, -0.2) is 0 Å². The Labute approximate surface area is 251 Å². The van der Waals surface area contributed by atoms with Crippen LogP contribution in [0.1, 0.15) is 49.3 Å². The van der Waals surface area contributed by atoms with E-state index in [1.807, 2.05) is 30.3 Å². The van der Waals surface area contributed by atoms with Crippen molar-refractivity contribution in [1.29, 1.82) is 0 Å². The molecule has 1 amide bonds. The normalized spacial score (nSPS) is 22.3. The topological polar surface area (TPSA) is 87.2 Å². The van der Waals surface area contributed by atoms with E-state index in [-0.39, 0.29) is 30.2 Å². The van der Waals surface area contributed by atoms with Gasteiger partial charge in [-0.1, -0.05) is 18.2 Å². The standard InChI is InChI=1S/C33H40N4O4S/c1-21-18-37(19-22(2)41-21)32(31-16-23-6-4-5-7-30(23)42-31)33(39)35-24-11-14-36(15-12-24)20-29(38)26-10-13-34-28-9-8-25(40-3)17-27(26)28/h4-10,13,16-17,21-22,24,29,32,38H,11-12,14-15,18-20H2,1-3H3,(H,35,39)/t21?,22?,29-,32?/m0/s1. The molecular weight excluding hydrogens is 548 g/mol. The van der Waals surface area contributed by atoms with E-state index in [0.717, 1.165) is 66.1 Å². The van der Waals surface area contributed by atoms with Crippen molar-refractivity contribution in [3.63, 3.8) is 0 Å². The lowest BCUT2D eigenvalue weighted by molar-refractivity contribution is -0.134. The molecule has 0 spiro atoms. The number of ether oxygens (including phenoxy) is 2. The second-order valence-electron chi connectivity index (χ2n) is 11.7. The largest absolute Gasteiger partial charge is 0.497 e. The van der Waals surface area contributed by atoms with E-state index in [4.69, 9.17) is 9.47 Å². The molecule has 3 unspecified atom stereocenters. The second-order valence-corrected chi connectivity index (χ2v) is 12.8. The van der Waals surface area contributed by atoms with Gasteiger partial charge >= 0.3 is 0 Å². The summed E-state index contributed by atoms with van der Waals surface area (Å²) in [5, 5.41) is 16.7. The Morgan fingerprint density at radius 2 is 1.88 bits per heavy atom. The van der Waals surface area contributed by atoms with Gasteiger partial charge in [-0.3, -0.25) is 14.7 Å². The summed E-state index contributed by atoms with van der Waals surface area (Å²) in [5.74, 6) is 0.814. The molecule has 2 aromatic heterocycles. The lowest BCUT2D eigenvalue weighted by atomic mass is 10.0. The molecule has 2 saturated heterocycles. The van der Waals surface area contributed by atoms with Crippen molar-refractivity contribution in [2.45, 2.75) is 57.1 Å². The van der Waals surface area contributed by atoms with E-state index in [9.17, 15) is 9.90 Å². The van der Waals surface area contributed by atoms with Crippen LogP contribution in [-0.4, -0.2) is 83.9 Å². The van der Waals surface area contributed by atoms with Gasteiger partial charge in [-0.05, 0) is 74.0 Å². The number of amides is 1. The fourth-order valence-electron chi connectivity index (χ4n) is 6.49. The van der Waals surface area contributed by atoms with Crippen molar-refractivity contribution in [1.82, 2.24) is 20.1 Å². The number of likely N-dealkylation sites (tertiary alicyclic amines) is 1. The summed E-state index contributed by atoms with van der Waals surface area (Å²) >= 11 is 1.71. The number of fused-ring (bicyclic) bond motifs is 2. The molecule has 0 aliphatic carbocycles. The van der Waals surface area contributed by atoms with Gasteiger partial charge in [-0.2, -0.15) is 0 Å². The van der Waals surface area contributed by atoms with Crippen molar-refractivity contribution in [3.8, 4) is 5.75 Å². The molecule has 0 radical (unpaired) electrons. The number of methoxy groups -OCH3 is 1. The van der Waals surface area contributed by atoms with Gasteiger partial charge in [0, 0.05) is 59.9 Å². The number of β-amino-alcohol motifs (C(OH)–C–C–N with tert-alkyl or cyclic N) is 1. The minimum Gasteiger partial charge on any atom is -0.497 e. The molecule has 2 N–H and O–H groups in total. The van der Waals surface area contributed by atoms with Crippen LogP contribution >= 0.6 is 11.3 Å². The number of hydrogen-bond donors (Lipinski definition) is 2. The summed E-state index contributed by atoms with van der Waals surface area (Å²) in [6.45, 7) is 7.77. The van der Waals surface area contributed by atoms with Gasteiger partial charge in [0.2, 0.25) is 5.91 Å². The lowest BCUT2D eigenvalue weighted by Crippen LogP contribution is -2.53. The molecule has 0 bridgehead atoms. The zero-order valence-electron chi connectivity index (χ0n) is 24.5. The number of thiophene rings is 1. The zero-order chi connectivity index (χ0) is 29.2. The van der Waals surface area contributed by atoms with Crippen molar-refractivity contribution < 1.29 is 19.4 Å². The summed E-state index contributed by atoms with van der Waals surface area (Å²) in [6.07, 6.45) is 2.95. The Balaban J connectivity index is 1.11. The Bertz CT molecular complexity index is 1490. The highest BCUT2D eigenvalue weighted by molar-refractivity contribution is 7.19. The third-order valence-corrected chi connectivity index (χ3v) is 9.65. The molecule has 2 aromatic carbocycles. The lowest BCUT2D eigenvalue weighted by Gasteiger charge is -2.40. The number of pyridine rings is 1. The number of carbonyl (C=O) groups is 1. The first-order valence-electron chi connectivity index (χ1n) is 14.9. The number of aromatic nitrogens is 1. The molecule has 8 nitrogen and oxygen atoms in total. The monoisotopic (exact) mass is 588 g/mol. The number of aliphatic hydroxyl groups is 1. The minimum atomic E-state index is -0.642. The van der Waals surface area contributed by atoms with Crippen LogP contribution in [0.25, 0.3) is 21.0 Å². The van der Waals surface area contributed by atoms with E-state index < -0.39 is 6.10 Å². The summed E-state index contributed by atoms with van der Waals surface area (Å²) in [5.41, 5.74) is 1.69. The Hall–Kier alpha value is -3.08. The van der Waals surface area contributed by atoms with Crippen LogP contribution < -0.4 is 10.1 Å². The first kappa shape index (κ1) is 29.0. The fraction of sp³-hybridized carbons (Fsp3) is 0.455. The van der Waals surface area contributed by atoms with Gasteiger partial charge in [-0.15, -0.1) is 11.3 Å². The minimum absolute atomic E-state index is 0.0681. The average molecular weight is 589 g/mol. The summed E-state index contributed by atoms with van der Waals surface area (Å²) in [6, 6.07) is 17.9. The zero-order valence-corrected chi connectivity index (χ0v) is 25.3. The molecule has 42 heavy (non-hydrogen) atoms. The number of benzene rings is 2. The van der Waals surface area contributed by atoms with Crippen LogP contribution in [0, 0.1) is 0 Å². The quantitative estimate of drug-likeness (QED) is 0.302. The summed E-state index contributed by atoms with van der Waals surface area (Å²) in [7, 11) is 1.64. The van der Waals surface area contributed by atoms with Gasteiger partial charge in [0.15, 0.2) is 0 Å². The Morgan fingerprint density at radius 1 is 1.12 bits per heavy atom. The highest BCUT2D eigenvalue weighted by atomic mass is 32.1. The van der Waals surface area contributed by atoms with Crippen LogP contribution in [-0.2, 0) is 9.53 Å². The van der Waals surface area contributed by atoms with Crippen LogP contribution in [0.5, 0.6) is 5.75 Å². The predicted octanol–water partition coefficient (Wildman–Crippen LogP) is 4.92. The smallest absolute Gasteiger partial charge is 0.243 e. The number of aliphatic hydroxyl groups excluding tert-OH is 1. The van der Waals surface area contributed by atoms with Crippen LogP contribution in [0.2, 0.25) is 0 Å². The number of nitrogens with one attached hydrogen (secondary N) is 1. The van der Waals surface area contributed by atoms with Gasteiger partial charge < -0.3 is 24.8 Å². The SMILES string of the molecule is COc1ccc2nccc([C@@H](O)CN3CCC(NC(=O)C(c4cc5ccccc5s4)N4CC(C)OC(C)C4)CC3)c2c1. The number of hydrogen-bond acceptors (Lipinski definition) is 8. The first-order valence-corrected chi connectivity index (χ1v) is 15.7. The fourth-order valence-corrected chi connectivity index (χ4v) is 7.69. The molecule has 0 saturated carbocycles. The van der Waals surface area contributed by atoms with Crippen molar-refractivity contribution >= 4 is 38.2 Å². The molecule has 4 atom stereocenters. The van der Waals surface area contributed by atoms with Crippen LogP contribution in [0.15, 0.2) is 60.8 Å². The third kappa shape index (κ3) is 6.31. The molecule has 9 heteroatoms. The maximum absolute atomic E-state index is 14.0. The first-order chi connectivity index (χ1) is 20.4. The summed E-state index contributed by atoms with van der Waals surface area (Å²) < 4.78 is 12.6. The number of morpholine rings is 1. The molecular formula is C33H40N4O4S. The predicted molar refractivity (Wildman–Crippen MR) is 167 cm³/mol. The van der Waals surface area contributed by atoms with Crippen molar-refractivity contribution in [3.05, 3.63) is 71.2 Å². The second kappa shape index (κ2) is 12.7. The third-order valence-electron chi connectivity index (χ3n) is 8.48. The maximum Gasteiger partial charge on any atom is 0.243 e. The molecule has 2 aliphatic rings. The number of piperidine rings is 1. The number of rotatable bonds is 8. The van der Waals surface area contributed by atoms with Gasteiger partial charge in [0.25, 0.3) is 0 Å². The van der Waals surface area contributed by atoms with Crippen LogP contribution in [0.4, 0.5) is 0 Å². The molecule has 6 rings (SSSR count). The molecule has 222 valence electrons. The average Bonchev–Trinajstić information content (AvgIpc) is 3.40. The van der Waals surface area contributed by atoms with Crippen molar-refractivity contribution in [2.24, 2.45) is 0 Å². The van der Waals surface area contributed by atoms with E-state index in [1.165, 1.54) is 10.1 Å². The van der Waals surface area contributed by atoms with E-state index in [0.29, 0.717) is 6.54 Å². The Kier molecular flexibility index (Phi) is 8.74. The summed E-state index contributed by atoms with van der Waals surface area (Å²) in [4.78, 5) is 24.1. The maximum atomic E-state index is 14.0. The molecule has 2 aliphatic heterocycles. The van der Waals surface area contributed by atoms with E-state index in [1.54, 1.807) is 24.6 Å².